The lowest BCUT2D eigenvalue weighted by Crippen LogP contribution is -2.40. The highest BCUT2D eigenvalue weighted by Crippen LogP contribution is 2.26. The van der Waals surface area contributed by atoms with Crippen molar-refractivity contribution >= 4 is 28.6 Å². The van der Waals surface area contributed by atoms with Gasteiger partial charge >= 0.3 is 0 Å². The Labute approximate surface area is 211 Å². The molecule has 1 amide bonds. The molecule has 2 aromatic carbocycles. The Morgan fingerprint density at radius 3 is 2.31 bits per heavy atom. The van der Waals surface area contributed by atoms with Crippen LogP contribution in [0.25, 0.3) is 22.3 Å². The lowest BCUT2D eigenvalue weighted by molar-refractivity contribution is 0.0925. The molecule has 1 saturated carbocycles. The number of carbonyl (C=O) groups excluding carboxylic acids is 1. The first-order valence-electron chi connectivity index (χ1n) is 12.4. The molecule has 0 bridgehead atoms. The van der Waals surface area contributed by atoms with Crippen LogP contribution in [-0.2, 0) is 0 Å². The van der Waals surface area contributed by atoms with Gasteiger partial charge in [-0.3, -0.25) is 4.79 Å². The van der Waals surface area contributed by atoms with Crippen molar-refractivity contribution < 1.29 is 4.79 Å². The van der Waals surface area contributed by atoms with Gasteiger partial charge in [0.05, 0.1) is 16.8 Å². The first-order valence-corrected chi connectivity index (χ1v) is 12.4. The fourth-order valence-corrected chi connectivity index (χ4v) is 4.71. The van der Waals surface area contributed by atoms with Crippen molar-refractivity contribution in [1.29, 1.82) is 0 Å². The second-order valence-electron chi connectivity index (χ2n) is 9.51. The summed E-state index contributed by atoms with van der Waals surface area (Å²) in [5, 5.41) is 7.74. The molecule has 8 heteroatoms. The number of para-hydroxylation sites is 1. The summed E-state index contributed by atoms with van der Waals surface area (Å²) in [6.45, 7) is 1.86. The Kier molecular flexibility index (Phi) is 6.75. The highest BCUT2D eigenvalue weighted by molar-refractivity contribution is 5.95. The van der Waals surface area contributed by atoms with Gasteiger partial charge in [0.1, 0.15) is 5.82 Å². The maximum atomic E-state index is 12.9. The molecule has 1 aliphatic rings. The van der Waals surface area contributed by atoms with E-state index in [4.69, 9.17) is 9.97 Å². The fraction of sp³-hybridized carbons (Fsp3) is 0.321. The molecule has 1 aliphatic carbocycles. The molecule has 4 aromatic rings. The summed E-state index contributed by atoms with van der Waals surface area (Å²) in [5.41, 5.74) is 3.07. The smallest absolute Gasteiger partial charge is 0.254 e. The molecule has 2 aromatic heterocycles. The standard InChI is InChI=1S/C28H31N7O/c1-18-23(17-29-25(30-18)19-9-5-4-6-10-19)27(36)31-20-13-15-21(16-14-20)32-28-33-24-12-8-7-11-22(24)26(34-28)35(2)3/h4-12,17,20-21H,13-16H2,1-3H3,(H,31,36)(H,32,33,34). The lowest BCUT2D eigenvalue weighted by atomic mass is 9.91. The zero-order valence-electron chi connectivity index (χ0n) is 20.9. The molecule has 0 unspecified atom stereocenters. The van der Waals surface area contributed by atoms with E-state index in [9.17, 15) is 4.79 Å². The summed E-state index contributed by atoms with van der Waals surface area (Å²) in [7, 11) is 3.99. The van der Waals surface area contributed by atoms with Crippen LogP contribution >= 0.6 is 0 Å². The zero-order chi connectivity index (χ0) is 25.1. The molecule has 36 heavy (non-hydrogen) atoms. The summed E-state index contributed by atoms with van der Waals surface area (Å²) in [5.74, 6) is 2.07. The van der Waals surface area contributed by atoms with Gasteiger partial charge in [0.25, 0.3) is 5.91 Å². The van der Waals surface area contributed by atoms with Crippen LogP contribution in [0.1, 0.15) is 41.7 Å². The predicted octanol–water partition coefficient (Wildman–Crippen LogP) is 4.61. The maximum Gasteiger partial charge on any atom is 0.254 e. The third-order valence-corrected chi connectivity index (χ3v) is 6.66. The molecule has 184 valence electrons. The number of hydrogen-bond acceptors (Lipinski definition) is 7. The van der Waals surface area contributed by atoms with Crippen LogP contribution in [0.15, 0.2) is 60.8 Å². The molecule has 2 N–H and O–H groups in total. The number of aryl methyl sites for hydroxylation is 1. The van der Waals surface area contributed by atoms with Crippen LogP contribution in [0.5, 0.6) is 0 Å². The molecule has 0 saturated heterocycles. The number of nitrogens with zero attached hydrogens (tertiary/aromatic N) is 5. The summed E-state index contributed by atoms with van der Waals surface area (Å²) in [6, 6.07) is 18.2. The van der Waals surface area contributed by atoms with Gasteiger partial charge in [0, 0.05) is 43.3 Å². The highest BCUT2D eigenvalue weighted by Gasteiger charge is 2.24. The van der Waals surface area contributed by atoms with Crippen LogP contribution in [0.3, 0.4) is 0 Å². The monoisotopic (exact) mass is 481 g/mol. The molecule has 0 radical (unpaired) electrons. The number of amides is 1. The molecular weight excluding hydrogens is 450 g/mol. The molecule has 0 atom stereocenters. The van der Waals surface area contributed by atoms with Gasteiger partial charge in [-0.2, -0.15) is 4.98 Å². The summed E-state index contributed by atoms with van der Waals surface area (Å²) in [4.78, 5) is 33.4. The van der Waals surface area contributed by atoms with Gasteiger partial charge in [-0.15, -0.1) is 0 Å². The Morgan fingerprint density at radius 1 is 0.889 bits per heavy atom. The van der Waals surface area contributed by atoms with E-state index in [1.807, 2.05) is 80.5 Å². The van der Waals surface area contributed by atoms with Gasteiger partial charge in [0.2, 0.25) is 5.95 Å². The van der Waals surface area contributed by atoms with E-state index in [0.29, 0.717) is 23.0 Å². The van der Waals surface area contributed by atoms with Gasteiger partial charge < -0.3 is 15.5 Å². The van der Waals surface area contributed by atoms with E-state index in [1.165, 1.54) is 0 Å². The number of fused-ring (bicyclic) bond motifs is 1. The number of hydrogen-bond donors (Lipinski definition) is 2. The largest absolute Gasteiger partial charge is 0.362 e. The van der Waals surface area contributed by atoms with E-state index in [2.05, 4.69) is 20.6 Å². The summed E-state index contributed by atoms with van der Waals surface area (Å²) >= 11 is 0. The number of rotatable bonds is 6. The Balaban J connectivity index is 1.19. The first-order chi connectivity index (χ1) is 17.5. The van der Waals surface area contributed by atoms with E-state index in [1.54, 1.807) is 6.20 Å². The van der Waals surface area contributed by atoms with E-state index < -0.39 is 0 Å². The van der Waals surface area contributed by atoms with Crippen LogP contribution in [0, 0.1) is 6.92 Å². The van der Waals surface area contributed by atoms with Crippen LogP contribution in [-0.4, -0.2) is 52.0 Å². The highest BCUT2D eigenvalue weighted by atomic mass is 16.1. The van der Waals surface area contributed by atoms with Crippen molar-refractivity contribution in [3.8, 4) is 11.4 Å². The molecule has 2 heterocycles. The summed E-state index contributed by atoms with van der Waals surface area (Å²) < 4.78 is 0. The van der Waals surface area contributed by atoms with Crippen molar-refractivity contribution in [3.63, 3.8) is 0 Å². The normalized spacial score (nSPS) is 17.5. The Morgan fingerprint density at radius 2 is 1.58 bits per heavy atom. The van der Waals surface area contributed by atoms with Crippen LogP contribution in [0.4, 0.5) is 11.8 Å². The van der Waals surface area contributed by atoms with Gasteiger partial charge in [-0.25, -0.2) is 15.0 Å². The van der Waals surface area contributed by atoms with Crippen molar-refractivity contribution in [2.24, 2.45) is 0 Å². The SMILES string of the molecule is Cc1nc(-c2ccccc2)ncc1C(=O)NC1CCC(Nc2nc(N(C)C)c3ccccc3n2)CC1. The fourth-order valence-electron chi connectivity index (χ4n) is 4.71. The number of carbonyl (C=O) groups is 1. The van der Waals surface area contributed by atoms with Gasteiger partial charge in [0.15, 0.2) is 5.82 Å². The quantitative estimate of drug-likeness (QED) is 0.415. The molecule has 0 spiro atoms. The van der Waals surface area contributed by atoms with E-state index in [0.717, 1.165) is 48.0 Å². The second-order valence-corrected chi connectivity index (χ2v) is 9.51. The topological polar surface area (TPSA) is 95.9 Å². The van der Waals surface area contributed by atoms with Crippen molar-refractivity contribution in [2.45, 2.75) is 44.7 Å². The zero-order valence-corrected chi connectivity index (χ0v) is 20.9. The van der Waals surface area contributed by atoms with Crippen molar-refractivity contribution in [2.75, 3.05) is 24.3 Å². The minimum absolute atomic E-state index is 0.114. The van der Waals surface area contributed by atoms with Crippen LogP contribution in [0.2, 0.25) is 0 Å². The Hall–Kier alpha value is -4.07. The van der Waals surface area contributed by atoms with Crippen LogP contribution < -0.4 is 15.5 Å². The molecule has 0 aliphatic heterocycles. The van der Waals surface area contributed by atoms with Gasteiger partial charge in [-0.1, -0.05) is 42.5 Å². The van der Waals surface area contributed by atoms with E-state index >= 15 is 0 Å². The number of anilines is 2. The summed E-state index contributed by atoms with van der Waals surface area (Å²) in [6.07, 6.45) is 5.27. The number of benzene rings is 2. The van der Waals surface area contributed by atoms with E-state index in [-0.39, 0.29) is 18.0 Å². The van der Waals surface area contributed by atoms with Crippen molar-refractivity contribution in [3.05, 3.63) is 72.1 Å². The third kappa shape index (κ3) is 5.12. The maximum absolute atomic E-state index is 12.9. The Bertz CT molecular complexity index is 1370. The number of nitrogens with one attached hydrogen (secondary N) is 2. The lowest BCUT2D eigenvalue weighted by Gasteiger charge is -2.30. The molecule has 1 fully saturated rings. The molecular formula is C28H31N7O. The van der Waals surface area contributed by atoms with Gasteiger partial charge in [-0.05, 0) is 44.7 Å². The average Bonchev–Trinajstić information content (AvgIpc) is 2.89. The first kappa shape index (κ1) is 23.7. The van der Waals surface area contributed by atoms with Crippen molar-refractivity contribution in [1.82, 2.24) is 25.3 Å². The number of aromatic nitrogens is 4. The minimum Gasteiger partial charge on any atom is -0.362 e. The second kappa shape index (κ2) is 10.3. The minimum atomic E-state index is -0.114. The molecule has 5 rings (SSSR count). The molecule has 8 nitrogen and oxygen atoms in total. The third-order valence-electron chi connectivity index (χ3n) is 6.66. The average molecular weight is 482 g/mol. The predicted molar refractivity (Wildman–Crippen MR) is 143 cm³/mol.